The van der Waals surface area contributed by atoms with E-state index in [-0.39, 0.29) is 41.2 Å². The molecule has 6 aliphatic rings. The first-order valence-electron chi connectivity index (χ1n) is 26.2. The second kappa shape index (κ2) is 19.7. The van der Waals surface area contributed by atoms with Gasteiger partial charge in [0.1, 0.15) is 17.5 Å². The molecule has 3 aromatic heterocycles. The van der Waals surface area contributed by atoms with Gasteiger partial charge in [-0.2, -0.15) is 0 Å². The summed E-state index contributed by atoms with van der Waals surface area (Å²) in [5, 5.41) is 5.82. The van der Waals surface area contributed by atoms with Crippen LogP contribution in [0.3, 0.4) is 0 Å². The standard InChI is InChI=1S/C58H63F2N9O5/c1-35-27-41(29-44(59)53(35)39-16-21-67(22-17-39)36(2)50-30-42-47(15-20-62-55(42)64(50)4)68-34-45(60)46(61-3)31-52(68)71)54(72)40-8-5-7-37(9-11-40)32-65-23-25-66(26-24-65)33-38-10-12-48-43(28-38)58(18-6-19-58)57(74)69(48)49-13-14-51(70)63-56(49)73/h8,10,12,15-16,20,27-31,34,37,49,61H,2,5-7,9,11,13-14,17-19,21-26,32-33H2,1,3-4H3,(H,63,70,73). The summed E-state index contributed by atoms with van der Waals surface area (Å²) in [4.78, 5) is 79.1. The number of nitrogens with one attached hydrogen (secondary N) is 2. The number of amides is 3. The average molecular weight is 1000 g/mol. The first-order chi connectivity index (χ1) is 35.7. The van der Waals surface area contributed by atoms with Crippen LogP contribution in [0.1, 0.15) is 103 Å². The summed E-state index contributed by atoms with van der Waals surface area (Å²) >= 11 is 0. The molecule has 7 heterocycles. The van der Waals surface area contributed by atoms with Crippen molar-refractivity contribution in [1.29, 1.82) is 0 Å². The molecule has 0 radical (unpaired) electrons. The molecule has 4 aliphatic heterocycles. The highest BCUT2D eigenvalue weighted by Gasteiger charge is 2.57. The summed E-state index contributed by atoms with van der Waals surface area (Å²) < 4.78 is 34.2. The van der Waals surface area contributed by atoms with Gasteiger partial charge in [0, 0.05) is 107 Å². The molecule has 3 amide bonds. The zero-order valence-electron chi connectivity index (χ0n) is 42.4. The van der Waals surface area contributed by atoms with Crippen LogP contribution in [-0.4, -0.2) is 111 Å². The molecule has 14 nitrogen and oxygen atoms in total. The van der Waals surface area contributed by atoms with E-state index in [9.17, 15) is 28.4 Å². The highest BCUT2D eigenvalue weighted by molar-refractivity contribution is 6.14. The number of halogens is 2. The Hall–Kier alpha value is -7.04. The first-order valence-corrected chi connectivity index (χ1v) is 26.2. The number of carbonyl (C=O) groups is 4. The Bertz CT molecular complexity index is 3260. The zero-order chi connectivity index (χ0) is 51.6. The van der Waals surface area contributed by atoms with Crippen molar-refractivity contribution in [3.63, 3.8) is 0 Å². The predicted octanol–water partition coefficient (Wildman–Crippen LogP) is 7.80. The summed E-state index contributed by atoms with van der Waals surface area (Å²) in [7, 11) is 3.44. The maximum atomic E-state index is 16.2. The molecule has 5 aromatic rings. The van der Waals surface area contributed by atoms with E-state index in [1.165, 1.54) is 28.5 Å². The second-order valence-corrected chi connectivity index (χ2v) is 21.2. The van der Waals surface area contributed by atoms with Crippen molar-refractivity contribution in [2.45, 2.75) is 89.1 Å². The number of carbonyl (C=O) groups excluding carboxylic acids is 4. The van der Waals surface area contributed by atoms with Crippen molar-refractivity contribution in [2.75, 3.05) is 63.1 Å². The second-order valence-electron chi connectivity index (χ2n) is 21.2. The van der Waals surface area contributed by atoms with E-state index < -0.39 is 23.1 Å². The van der Waals surface area contributed by atoms with E-state index in [1.54, 1.807) is 24.2 Å². The number of pyridine rings is 2. The molecule has 2 saturated heterocycles. The van der Waals surface area contributed by atoms with Gasteiger partial charge >= 0.3 is 0 Å². The van der Waals surface area contributed by atoms with Gasteiger partial charge in [-0.1, -0.05) is 37.3 Å². The van der Waals surface area contributed by atoms with E-state index in [1.807, 2.05) is 42.8 Å². The molecular formula is C58H63F2N9O5. The Morgan fingerprint density at radius 3 is 2.41 bits per heavy atom. The van der Waals surface area contributed by atoms with Crippen molar-refractivity contribution in [1.82, 2.24) is 34.1 Å². The molecule has 3 fully saturated rings. The minimum Gasteiger partial charge on any atom is -0.386 e. The number of aryl methyl sites for hydroxylation is 2. The van der Waals surface area contributed by atoms with Crippen molar-refractivity contribution in [3.8, 4) is 5.69 Å². The summed E-state index contributed by atoms with van der Waals surface area (Å²) in [5.74, 6) is -1.28. The Morgan fingerprint density at radius 1 is 0.892 bits per heavy atom. The van der Waals surface area contributed by atoms with Crippen molar-refractivity contribution < 1.29 is 28.0 Å². The number of hydrogen-bond donors (Lipinski definition) is 2. The molecular weight excluding hydrogens is 941 g/mol. The van der Waals surface area contributed by atoms with Gasteiger partial charge in [0.15, 0.2) is 11.6 Å². The number of fused-ring (bicyclic) bond motifs is 3. The van der Waals surface area contributed by atoms with Crippen molar-refractivity contribution >= 4 is 57.2 Å². The zero-order valence-corrected chi connectivity index (χ0v) is 42.4. The van der Waals surface area contributed by atoms with Gasteiger partial charge in [0.2, 0.25) is 17.7 Å². The third-order valence-electron chi connectivity index (χ3n) is 16.9. The number of nitrogens with zero attached hydrogens (tertiary/aromatic N) is 7. The van der Waals surface area contributed by atoms with Crippen LogP contribution in [0, 0.1) is 24.5 Å². The van der Waals surface area contributed by atoms with Crippen LogP contribution in [-0.2, 0) is 33.4 Å². The summed E-state index contributed by atoms with van der Waals surface area (Å²) in [6.07, 6.45) is 13.9. The van der Waals surface area contributed by atoms with Crippen LogP contribution in [0.5, 0.6) is 0 Å². The molecule has 384 valence electrons. The smallest absolute Gasteiger partial charge is 0.257 e. The van der Waals surface area contributed by atoms with E-state index in [4.69, 9.17) is 0 Å². The fourth-order valence-corrected chi connectivity index (χ4v) is 12.6. The lowest BCUT2D eigenvalue weighted by molar-refractivity contribution is -0.136. The minimum atomic E-state index is -0.656. The molecule has 74 heavy (non-hydrogen) atoms. The lowest BCUT2D eigenvalue weighted by Gasteiger charge is -2.38. The monoisotopic (exact) mass is 1000 g/mol. The maximum absolute atomic E-state index is 16.2. The Morgan fingerprint density at radius 2 is 1.69 bits per heavy atom. The number of piperazine rings is 1. The number of allylic oxidation sites excluding steroid dienone is 2. The number of anilines is 2. The van der Waals surface area contributed by atoms with Crippen molar-refractivity contribution in [2.24, 2.45) is 13.0 Å². The number of Topliss-reactive ketones (excluding diaryl/α,β-unsaturated/α-hetero) is 1. The number of imide groups is 1. The SMILES string of the molecule is C=C(c1cc2c(-n3cc(F)c(NC)cc3=O)ccnc2n1C)N1CC=C(c2c(C)cc(C(=O)C3=CCCC(CN4CCN(Cc5ccc6c(c5)C5(CCC5)C(=O)N6C5CCC(=O)NC5=O)CC4)CC3)cc2F)CC1. The quantitative estimate of drug-likeness (QED) is 0.0939. The molecule has 11 rings (SSSR count). The Balaban J connectivity index is 0.678. The molecule has 16 heteroatoms. The van der Waals surface area contributed by atoms with Gasteiger partial charge in [0.05, 0.1) is 34.4 Å². The van der Waals surface area contributed by atoms with Gasteiger partial charge < -0.3 is 19.7 Å². The number of rotatable bonds is 12. The third-order valence-corrected chi connectivity index (χ3v) is 16.9. The van der Waals surface area contributed by atoms with Crippen LogP contribution >= 0.6 is 0 Å². The maximum Gasteiger partial charge on any atom is 0.257 e. The number of ketones is 1. The number of hydrogen-bond acceptors (Lipinski definition) is 10. The van der Waals surface area contributed by atoms with Crippen LogP contribution in [0.25, 0.3) is 28.0 Å². The lowest BCUT2D eigenvalue weighted by atomic mass is 9.65. The topological polar surface area (TPSA) is 145 Å². The molecule has 2 aliphatic carbocycles. The van der Waals surface area contributed by atoms with Gasteiger partial charge in [-0.05, 0) is 122 Å². The number of piperidine rings is 1. The lowest BCUT2D eigenvalue weighted by Crippen LogP contribution is -2.56. The summed E-state index contributed by atoms with van der Waals surface area (Å²) in [5.41, 5.74) is 8.13. The molecule has 2 atom stereocenters. The van der Waals surface area contributed by atoms with E-state index in [2.05, 4.69) is 55.1 Å². The highest BCUT2D eigenvalue weighted by Crippen LogP contribution is 2.54. The Kier molecular flexibility index (Phi) is 13.1. The van der Waals surface area contributed by atoms with Crippen LogP contribution in [0.2, 0.25) is 0 Å². The minimum absolute atomic E-state index is 0.00124. The van der Waals surface area contributed by atoms with E-state index >= 15 is 4.39 Å². The highest BCUT2D eigenvalue weighted by atomic mass is 19.1. The van der Waals surface area contributed by atoms with Crippen LogP contribution in [0.4, 0.5) is 20.2 Å². The molecule has 2 N–H and O–H groups in total. The Labute approximate surface area is 429 Å². The van der Waals surface area contributed by atoms with Crippen LogP contribution < -0.4 is 21.1 Å². The van der Waals surface area contributed by atoms with Gasteiger partial charge in [-0.15, -0.1) is 0 Å². The van der Waals surface area contributed by atoms with Crippen LogP contribution in [0.15, 0.2) is 90.0 Å². The fraction of sp³-hybridized carbons (Fsp3) is 0.414. The summed E-state index contributed by atoms with van der Waals surface area (Å²) in [6.45, 7) is 12.9. The number of aromatic nitrogens is 3. The molecule has 0 bridgehead atoms. The molecule has 1 saturated carbocycles. The normalized spacial score (nSPS) is 21.3. The van der Waals surface area contributed by atoms with E-state index in [0.717, 1.165) is 117 Å². The largest absolute Gasteiger partial charge is 0.386 e. The summed E-state index contributed by atoms with van der Waals surface area (Å²) in [6, 6.07) is 13.7. The predicted molar refractivity (Wildman–Crippen MR) is 282 cm³/mol. The molecule has 2 unspecified atom stereocenters. The van der Waals surface area contributed by atoms with Gasteiger partial charge in [-0.3, -0.25) is 43.7 Å². The molecule has 2 aromatic carbocycles. The van der Waals surface area contributed by atoms with E-state index in [0.29, 0.717) is 66.1 Å². The molecule has 1 spiro atoms. The average Bonchev–Trinajstić information content (AvgIpc) is 3.73. The number of benzene rings is 2. The first kappa shape index (κ1) is 49.2. The third kappa shape index (κ3) is 8.78. The van der Waals surface area contributed by atoms with Gasteiger partial charge in [0.25, 0.3) is 5.56 Å². The van der Waals surface area contributed by atoms with Gasteiger partial charge in [-0.25, -0.2) is 13.8 Å². The fourth-order valence-electron chi connectivity index (χ4n) is 12.6. The van der Waals surface area contributed by atoms with Crippen molar-refractivity contribution in [3.05, 3.63) is 141 Å².